The lowest BCUT2D eigenvalue weighted by molar-refractivity contribution is -0.193. The SMILES string of the molecule is N=C(N)c1ccc(S(=O)(=O)NCCOc2cccc(C(=N)N)c2)cc1.O=C(O)C(F)(F)F.O=C(O)C(F)(F)F. The van der Waals surface area contributed by atoms with E-state index in [4.69, 9.17) is 46.8 Å². The molecule has 0 heterocycles. The number of carboxylic acids is 2. The van der Waals surface area contributed by atoms with Gasteiger partial charge >= 0.3 is 24.3 Å². The average molecular weight is 589 g/mol. The molecule has 0 aliphatic heterocycles. The fourth-order valence-corrected chi connectivity index (χ4v) is 3.01. The van der Waals surface area contributed by atoms with E-state index in [0.29, 0.717) is 16.9 Å². The third kappa shape index (κ3) is 13.6. The van der Waals surface area contributed by atoms with Crippen molar-refractivity contribution in [1.29, 1.82) is 10.8 Å². The van der Waals surface area contributed by atoms with Crippen molar-refractivity contribution in [3.05, 3.63) is 59.7 Å². The van der Waals surface area contributed by atoms with Crippen molar-refractivity contribution in [2.75, 3.05) is 13.2 Å². The van der Waals surface area contributed by atoms with E-state index in [0.717, 1.165) is 0 Å². The van der Waals surface area contributed by atoms with Gasteiger partial charge in [0.2, 0.25) is 10.0 Å². The number of nitrogen functional groups attached to an aromatic ring is 2. The number of hydrogen-bond donors (Lipinski definition) is 7. The summed E-state index contributed by atoms with van der Waals surface area (Å²) in [6.07, 6.45) is -10.2. The Morgan fingerprint density at radius 2 is 1.28 bits per heavy atom. The number of carboxylic acid groups (broad SMARTS) is 2. The first kappa shape index (κ1) is 34.6. The number of ether oxygens (including phenoxy) is 1. The normalized spacial score (nSPS) is 11.1. The van der Waals surface area contributed by atoms with Crippen LogP contribution in [-0.4, -0.2) is 67.7 Å². The Balaban J connectivity index is 0.000000848. The average Bonchev–Trinajstić information content (AvgIpc) is 2.81. The Bertz CT molecular complexity index is 1240. The predicted octanol–water partition coefficient (Wildman–Crippen LogP) is 1.88. The van der Waals surface area contributed by atoms with Crippen molar-refractivity contribution in [2.24, 2.45) is 11.5 Å². The number of aliphatic carboxylic acids is 2. The van der Waals surface area contributed by atoms with Crippen LogP contribution in [0.3, 0.4) is 0 Å². The van der Waals surface area contributed by atoms with Crippen LogP contribution >= 0.6 is 0 Å². The summed E-state index contributed by atoms with van der Waals surface area (Å²) >= 11 is 0. The number of carbonyl (C=O) groups is 2. The number of alkyl halides is 6. The van der Waals surface area contributed by atoms with Crippen molar-refractivity contribution in [1.82, 2.24) is 4.72 Å². The van der Waals surface area contributed by atoms with Gasteiger partial charge in [-0.3, -0.25) is 10.8 Å². The first-order chi connectivity index (χ1) is 17.7. The molecule has 0 aliphatic carbocycles. The lowest BCUT2D eigenvalue weighted by Crippen LogP contribution is -2.28. The Morgan fingerprint density at radius 3 is 1.67 bits per heavy atom. The molecule has 2 aromatic carbocycles. The van der Waals surface area contributed by atoms with E-state index in [2.05, 4.69) is 4.72 Å². The van der Waals surface area contributed by atoms with Gasteiger partial charge in [-0.15, -0.1) is 0 Å². The summed E-state index contributed by atoms with van der Waals surface area (Å²) in [5.41, 5.74) is 11.7. The highest BCUT2D eigenvalue weighted by atomic mass is 32.2. The zero-order valence-electron chi connectivity index (χ0n) is 19.3. The van der Waals surface area contributed by atoms with Crippen molar-refractivity contribution in [3.63, 3.8) is 0 Å². The maximum absolute atomic E-state index is 12.2. The van der Waals surface area contributed by atoms with Crippen molar-refractivity contribution in [2.45, 2.75) is 17.2 Å². The first-order valence-electron chi connectivity index (χ1n) is 9.80. The zero-order chi connectivity index (χ0) is 30.6. The molecule has 0 spiro atoms. The number of hydrogen-bond acceptors (Lipinski definition) is 7. The summed E-state index contributed by atoms with van der Waals surface area (Å²) in [5, 5.41) is 28.9. The minimum Gasteiger partial charge on any atom is -0.492 e. The van der Waals surface area contributed by atoms with E-state index in [1.165, 1.54) is 24.3 Å². The summed E-state index contributed by atoms with van der Waals surface area (Å²) in [4.78, 5) is 17.9. The number of amidine groups is 2. The molecular weight excluding hydrogens is 568 g/mol. The second kappa shape index (κ2) is 14.5. The summed E-state index contributed by atoms with van der Waals surface area (Å²) < 4.78 is 95.7. The van der Waals surface area contributed by atoms with Gasteiger partial charge in [0.1, 0.15) is 24.0 Å². The molecule has 39 heavy (non-hydrogen) atoms. The van der Waals surface area contributed by atoms with Gasteiger partial charge < -0.3 is 26.4 Å². The van der Waals surface area contributed by atoms with Crippen LogP contribution in [0.5, 0.6) is 5.75 Å². The fraction of sp³-hybridized carbons (Fsp3) is 0.200. The molecule has 0 fully saturated rings. The third-order valence-electron chi connectivity index (χ3n) is 3.77. The maximum atomic E-state index is 12.2. The summed E-state index contributed by atoms with van der Waals surface area (Å²) in [6, 6.07) is 12.4. The van der Waals surface area contributed by atoms with Gasteiger partial charge in [-0.25, -0.2) is 22.7 Å². The molecule has 19 heteroatoms. The van der Waals surface area contributed by atoms with Crippen LogP contribution in [0.1, 0.15) is 11.1 Å². The molecule has 0 aliphatic rings. The van der Waals surface area contributed by atoms with Gasteiger partial charge in [0.05, 0.1) is 4.90 Å². The topological polar surface area (TPSA) is 230 Å². The van der Waals surface area contributed by atoms with Gasteiger partial charge in [0.15, 0.2) is 0 Å². The molecule has 0 radical (unpaired) electrons. The van der Waals surface area contributed by atoms with Crippen molar-refractivity contribution >= 4 is 33.6 Å². The van der Waals surface area contributed by atoms with Crippen LogP contribution in [0.2, 0.25) is 0 Å². The number of nitrogens with two attached hydrogens (primary N) is 2. The molecule has 0 saturated carbocycles. The molecule has 0 aromatic heterocycles. The van der Waals surface area contributed by atoms with Crippen LogP contribution in [0.4, 0.5) is 26.3 Å². The predicted molar refractivity (Wildman–Crippen MR) is 123 cm³/mol. The lowest BCUT2D eigenvalue weighted by Gasteiger charge is -2.10. The van der Waals surface area contributed by atoms with E-state index < -0.39 is 34.3 Å². The maximum Gasteiger partial charge on any atom is 0.490 e. The summed E-state index contributed by atoms with van der Waals surface area (Å²) in [5.74, 6) is -5.21. The third-order valence-corrected chi connectivity index (χ3v) is 5.25. The molecule has 12 nitrogen and oxygen atoms in total. The number of nitrogens with one attached hydrogen (secondary N) is 3. The highest BCUT2D eigenvalue weighted by Crippen LogP contribution is 2.15. The van der Waals surface area contributed by atoms with E-state index in [9.17, 15) is 34.8 Å². The Hall–Kier alpha value is -4.39. The molecule has 0 bridgehead atoms. The summed E-state index contributed by atoms with van der Waals surface area (Å²) in [7, 11) is -3.67. The second-order valence-corrected chi connectivity index (χ2v) is 8.50. The lowest BCUT2D eigenvalue weighted by atomic mass is 10.2. The van der Waals surface area contributed by atoms with Crippen LogP contribution < -0.4 is 20.9 Å². The molecule has 2 aromatic rings. The van der Waals surface area contributed by atoms with Crippen molar-refractivity contribution < 1.29 is 59.3 Å². The highest BCUT2D eigenvalue weighted by Gasteiger charge is 2.38. The largest absolute Gasteiger partial charge is 0.492 e. The molecule has 0 saturated heterocycles. The monoisotopic (exact) mass is 589 g/mol. The van der Waals surface area contributed by atoms with Gasteiger partial charge in [-0.2, -0.15) is 26.3 Å². The number of benzene rings is 2. The van der Waals surface area contributed by atoms with Crippen LogP contribution in [-0.2, 0) is 19.6 Å². The minimum atomic E-state index is -5.08. The minimum absolute atomic E-state index is 0.0693. The van der Waals surface area contributed by atoms with Crippen LogP contribution in [0, 0.1) is 10.8 Å². The van der Waals surface area contributed by atoms with Crippen molar-refractivity contribution in [3.8, 4) is 5.75 Å². The molecular formula is C20H21F6N5O7S. The van der Waals surface area contributed by atoms with E-state index in [1.807, 2.05) is 0 Å². The first-order valence-corrected chi connectivity index (χ1v) is 11.3. The second-order valence-electron chi connectivity index (χ2n) is 6.73. The Kier molecular flexibility index (Phi) is 12.9. The van der Waals surface area contributed by atoms with E-state index in [-0.39, 0.29) is 29.7 Å². The van der Waals surface area contributed by atoms with Gasteiger partial charge in [0, 0.05) is 17.7 Å². The van der Waals surface area contributed by atoms with Gasteiger partial charge in [-0.1, -0.05) is 12.1 Å². The number of rotatable bonds is 8. The van der Waals surface area contributed by atoms with Gasteiger partial charge in [-0.05, 0) is 36.4 Å². The number of halogens is 6. The van der Waals surface area contributed by atoms with Crippen LogP contribution in [0.15, 0.2) is 53.4 Å². The highest BCUT2D eigenvalue weighted by molar-refractivity contribution is 7.89. The van der Waals surface area contributed by atoms with Crippen LogP contribution in [0.25, 0.3) is 0 Å². The quantitative estimate of drug-likeness (QED) is 0.103. The summed E-state index contributed by atoms with van der Waals surface area (Å²) in [6.45, 7) is 0.188. The molecule has 0 unspecified atom stereocenters. The van der Waals surface area contributed by atoms with E-state index >= 15 is 0 Å². The molecule has 216 valence electrons. The fourth-order valence-electron chi connectivity index (χ4n) is 2.00. The standard InChI is InChI=1S/C16H19N5O3S.2C2HF3O2/c17-15(18)11-4-6-14(7-5-11)25(22,23)21-8-9-24-13-3-1-2-12(10-13)16(19)20;2*3-2(4,5)1(6)7/h1-7,10,21H,8-9H2,(H3,17,18)(H3,19,20);2*(H,6,7). The Morgan fingerprint density at radius 1 is 0.846 bits per heavy atom. The van der Waals surface area contributed by atoms with Gasteiger partial charge in [0.25, 0.3) is 0 Å². The molecule has 2 rings (SSSR count). The smallest absolute Gasteiger partial charge is 0.490 e. The Labute approximate surface area is 216 Å². The zero-order valence-corrected chi connectivity index (χ0v) is 20.1. The molecule has 9 N–H and O–H groups in total. The molecule has 0 amide bonds. The number of sulfonamides is 1. The van der Waals surface area contributed by atoms with E-state index in [1.54, 1.807) is 24.3 Å². The molecule has 0 atom stereocenters.